The van der Waals surface area contributed by atoms with Crippen molar-refractivity contribution in [2.24, 2.45) is 0 Å². The van der Waals surface area contributed by atoms with Crippen LogP contribution in [0, 0.1) is 6.92 Å². The molecule has 0 aromatic heterocycles. The van der Waals surface area contributed by atoms with Gasteiger partial charge in [-0.2, -0.15) is 0 Å². The Balaban J connectivity index is 2.07. The minimum atomic E-state index is -3.13. The second kappa shape index (κ2) is 3.38. The fourth-order valence-corrected chi connectivity index (χ4v) is 4.24. The topological polar surface area (TPSA) is 63.4 Å². The molecule has 0 spiro atoms. The minimum Gasteiger partial charge on any atom is -0.398 e. The molecule has 0 unspecified atom stereocenters. The quantitative estimate of drug-likeness (QED) is 0.810. The van der Waals surface area contributed by atoms with Gasteiger partial charge in [0, 0.05) is 12.2 Å². The molecular formula is C12H16N2O2S. The molecule has 4 nitrogen and oxygen atoms in total. The third-order valence-electron chi connectivity index (χ3n) is 3.57. The molecule has 1 aromatic rings. The van der Waals surface area contributed by atoms with Crippen molar-refractivity contribution in [1.29, 1.82) is 0 Å². The number of nitrogens with zero attached hydrogens (tertiary/aromatic N) is 1. The summed E-state index contributed by atoms with van der Waals surface area (Å²) < 4.78 is 26.0. The van der Waals surface area contributed by atoms with Crippen molar-refractivity contribution in [2.75, 3.05) is 16.6 Å². The number of benzene rings is 1. The van der Waals surface area contributed by atoms with Crippen molar-refractivity contribution in [3.8, 4) is 0 Å². The second-order valence-corrected chi connectivity index (χ2v) is 7.04. The first-order valence-electron chi connectivity index (χ1n) is 5.90. The van der Waals surface area contributed by atoms with E-state index in [1.807, 2.05) is 13.0 Å². The predicted molar refractivity (Wildman–Crippen MR) is 68.6 cm³/mol. The average molecular weight is 252 g/mol. The van der Waals surface area contributed by atoms with Gasteiger partial charge in [0.25, 0.3) is 0 Å². The van der Waals surface area contributed by atoms with Crippen LogP contribution < -0.4 is 10.0 Å². The molecule has 3 rings (SSSR count). The molecule has 2 aliphatic rings. The van der Waals surface area contributed by atoms with Crippen LogP contribution in [0.15, 0.2) is 12.1 Å². The van der Waals surface area contributed by atoms with Crippen LogP contribution in [0.25, 0.3) is 0 Å². The summed E-state index contributed by atoms with van der Waals surface area (Å²) in [4.78, 5) is 0. The van der Waals surface area contributed by atoms with E-state index in [0.717, 1.165) is 36.1 Å². The largest absolute Gasteiger partial charge is 0.398 e. The van der Waals surface area contributed by atoms with Gasteiger partial charge in [-0.1, -0.05) is 6.07 Å². The maximum absolute atomic E-state index is 12.2. The molecule has 5 heteroatoms. The molecule has 1 saturated carbocycles. The Labute approximate surface area is 101 Å². The summed E-state index contributed by atoms with van der Waals surface area (Å²) in [5, 5.41) is -0.157. The highest BCUT2D eigenvalue weighted by atomic mass is 32.2. The van der Waals surface area contributed by atoms with E-state index in [-0.39, 0.29) is 5.25 Å². The van der Waals surface area contributed by atoms with Crippen LogP contribution in [0.1, 0.15) is 24.0 Å². The number of aryl methyl sites for hydroxylation is 1. The molecule has 1 aromatic carbocycles. The second-order valence-electron chi connectivity index (χ2n) is 4.90. The SMILES string of the molecule is Cc1cc2c(cc1N)N(S(=O)(=O)C1CC1)CC2. The minimum absolute atomic E-state index is 0.157. The highest BCUT2D eigenvalue weighted by Crippen LogP contribution is 2.39. The lowest BCUT2D eigenvalue weighted by atomic mass is 10.1. The number of nitrogen functional groups attached to an aromatic ring is 1. The molecule has 0 amide bonds. The Morgan fingerprint density at radius 3 is 2.71 bits per heavy atom. The Bertz CT molecular complexity index is 576. The predicted octanol–water partition coefficient (Wildman–Crippen LogP) is 1.43. The summed E-state index contributed by atoms with van der Waals surface area (Å²) in [5.41, 5.74) is 9.45. The fraction of sp³-hybridized carbons (Fsp3) is 0.500. The maximum atomic E-state index is 12.2. The van der Waals surface area contributed by atoms with Crippen molar-refractivity contribution in [3.63, 3.8) is 0 Å². The number of fused-ring (bicyclic) bond motifs is 1. The standard InChI is InChI=1S/C12H16N2O2S/c1-8-6-9-4-5-14(12(9)7-11(8)13)17(15,16)10-2-3-10/h6-7,10H,2-5,13H2,1H3. The van der Waals surface area contributed by atoms with Crippen molar-refractivity contribution >= 4 is 21.4 Å². The molecule has 2 N–H and O–H groups in total. The van der Waals surface area contributed by atoms with Gasteiger partial charge >= 0.3 is 0 Å². The van der Waals surface area contributed by atoms with Crippen LogP contribution in [0.4, 0.5) is 11.4 Å². The first kappa shape index (κ1) is 10.9. The molecule has 1 aliphatic heterocycles. The van der Waals surface area contributed by atoms with Gasteiger partial charge in [0.15, 0.2) is 0 Å². The maximum Gasteiger partial charge on any atom is 0.238 e. The molecule has 92 valence electrons. The molecule has 0 bridgehead atoms. The molecule has 0 atom stereocenters. The summed E-state index contributed by atoms with van der Waals surface area (Å²) in [6.45, 7) is 2.52. The normalized spacial score (nSPS) is 19.5. The Kier molecular flexibility index (Phi) is 2.17. The van der Waals surface area contributed by atoms with Gasteiger partial charge in [-0.05, 0) is 43.4 Å². The lowest BCUT2D eigenvalue weighted by Crippen LogP contribution is -2.32. The smallest absolute Gasteiger partial charge is 0.238 e. The fourth-order valence-electron chi connectivity index (χ4n) is 2.36. The number of sulfonamides is 1. The summed E-state index contributed by atoms with van der Waals surface area (Å²) in [5.74, 6) is 0. The lowest BCUT2D eigenvalue weighted by Gasteiger charge is -2.19. The van der Waals surface area contributed by atoms with Crippen LogP contribution in [0.2, 0.25) is 0 Å². The van der Waals surface area contributed by atoms with Crippen LogP contribution in [0.5, 0.6) is 0 Å². The van der Waals surface area contributed by atoms with E-state index in [2.05, 4.69) is 0 Å². The van der Waals surface area contributed by atoms with Gasteiger partial charge in [0.2, 0.25) is 10.0 Å². The van der Waals surface area contributed by atoms with E-state index in [9.17, 15) is 8.42 Å². The van der Waals surface area contributed by atoms with Crippen LogP contribution >= 0.6 is 0 Å². The van der Waals surface area contributed by atoms with Crippen molar-refractivity contribution in [2.45, 2.75) is 31.4 Å². The first-order chi connectivity index (χ1) is 8.00. The van der Waals surface area contributed by atoms with Gasteiger partial charge in [-0.15, -0.1) is 0 Å². The third kappa shape index (κ3) is 1.60. The van der Waals surface area contributed by atoms with Crippen LogP contribution in [-0.2, 0) is 16.4 Å². The molecule has 0 radical (unpaired) electrons. The van der Waals surface area contributed by atoms with Gasteiger partial charge in [0.05, 0.1) is 10.9 Å². The van der Waals surface area contributed by atoms with Gasteiger partial charge in [0.1, 0.15) is 0 Å². The van der Waals surface area contributed by atoms with Gasteiger partial charge in [-0.3, -0.25) is 4.31 Å². The van der Waals surface area contributed by atoms with Crippen LogP contribution in [0.3, 0.4) is 0 Å². The molecule has 1 heterocycles. The van der Waals surface area contributed by atoms with E-state index in [1.54, 1.807) is 10.4 Å². The molecule has 17 heavy (non-hydrogen) atoms. The van der Waals surface area contributed by atoms with E-state index in [0.29, 0.717) is 12.2 Å². The lowest BCUT2D eigenvalue weighted by molar-refractivity contribution is 0.591. The molecular weight excluding hydrogens is 236 g/mol. The zero-order valence-corrected chi connectivity index (χ0v) is 10.6. The van der Waals surface area contributed by atoms with Crippen molar-refractivity contribution in [3.05, 3.63) is 23.3 Å². The number of hydrogen-bond acceptors (Lipinski definition) is 3. The van der Waals surface area contributed by atoms with Crippen LogP contribution in [-0.4, -0.2) is 20.2 Å². The zero-order chi connectivity index (χ0) is 12.2. The molecule has 0 saturated heterocycles. The number of rotatable bonds is 2. The summed E-state index contributed by atoms with van der Waals surface area (Å²) in [6, 6.07) is 3.81. The number of nitrogens with two attached hydrogens (primary N) is 1. The Morgan fingerprint density at radius 2 is 2.06 bits per heavy atom. The summed E-state index contributed by atoms with van der Waals surface area (Å²) in [6.07, 6.45) is 2.40. The highest BCUT2D eigenvalue weighted by molar-refractivity contribution is 7.93. The van der Waals surface area contributed by atoms with E-state index >= 15 is 0 Å². The first-order valence-corrected chi connectivity index (χ1v) is 7.41. The zero-order valence-electron chi connectivity index (χ0n) is 9.81. The Hall–Kier alpha value is -1.23. The van der Waals surface area contributed by atoms with Crippen molar-refractivity contribution < 1.29 is 8.42 Å². The van der Waals surface area contributed by atoms with Crippen molar-refractivity contribution in [1.82, 2.24) is 0 Å². The molecule has 1 aliphatic carbocycles. The van der Waals surface area contributed by atoms with E-state index in [1.165, 1.54) is 0 Å². The Morgan fingerprint density at radius 1 is 1.35 bits per heavy atom. The van der Waals surface area contributed by atoms with Gasteiger partial charge < -0.3 is 5.73 Å². The van der Waals surface area contributed by atoms with Gasteiger partial charge in [-0.25, -0.2) is 8.42 Å². The third-order valence-corrected chi connectivity index (χ3v) is 5.88. The number of hydrogen-bond donors (Lipinski definition) is 1. The average Bonchev–Trinajstić information content (AvgIpc) is 3.03. The summed E-state index contributed by atoms with van der Waals surface area (Å²) in [7, 11) is -3.13. The highest BCUT2D eigenvalue weighted by Gasteiger charge is 2.42. The summed E-state index contributed by atoms with van der Waals surface area (Å²) >= 11 is 0. The molecule has 1 fully saturated rings. The van der Waals surface area contributed by atoms with E-state index in [4.69, 9.17) is 5.73 Å². The number of anilines is 2. The van der Waals surface area contributed by atoms with E-state index < -0.39 is 10.0 Å². The monoisotopic (exact) mass is 252 g/mol.